The van der Waals surface area contributed by atoms with Crippen LogP contribution in [-0.4, -0.2) is 19.3 Å². The number of amides is 1. The number of aromatic nitrogens is 1. The zero-order chi connectivity index (χ0) is 19.9. The molecule has 0 aliphatic carbocycles. The summed E-state index contributed by atoms with van der Waals surface area (Å²) < 4.78 is 41.4. The van der Waals surface area contributed by atoms with Crippen LogP contribution in [0.15, 0.2) is 28.5 Å². The summed E-state index contributed by atoms with van der Waals surface area (Å²) in [6.45, 7) is 3.33. The summed E-state index contributed by atoms with van der Waals surface area (Å²) in [4.78, 5) is 15.5. The summed E-state index contributed by atoms with van der Waals surface area (Å²) in [5.41, 5.74) is 7.26. The number of thiophene rings is 1. The van der Waals surface area contributed by atoms with Gasteiger partial charge in [0.15, 0.2) is 5.13 Å². The molecular weight excluding hydrogens is 433 g/mol. The highest BCUT2D eigenvalue weighted by Crippen LogP contribution is 2.40. The standard InChI is InChI=1S/C16H13ClFN3O3S3/c1-7-3-4-9(18)5-10(7)11-6-12(25-14(11)17)27(23,24)21-16-20-8(2)13(26-16)15(19)22/h3-6H,1-2H3,(H2,19,22)(H,20,21). The van der Waals surface area contributed by atoms with Crippen LogP contribution in [0.1, 0.15) is 20.9 Å². The van der Waals surface area contributed by atoms with Crippen molar-refractivity contribution in [3.05, 3.63) is 50.6 Å². The average Bonchev–Trinajstić information content (AvgIpc) is 3.12. The molecule has 0 aliphatic rings. The minimum absolute atomic E-state index is 0.0225. The van der Waals surface area contributed by atoms with Gasteiger partial charge in [0.2, 0.25) is 0 Å². The zero-order valence-electron chi connectivity index (χ0n) is 14.0. The van der Waals surface area contributed by atoms with Crippen LogP contribution < -0.4 is 10.5 Å². The topological polar surface area (TPSA) is 102 Å². The van der Waals surface area contributed by atoms with Crippen molar-refractivity contribution >= 4 is 55.3 Å². The van der Waals surface area contributed by atoms with Gasteiger partial charge >= 0.3 is 0 Å². The molecule has 3 rings (SSSR count). The van der Waals surface area contributed by atoms with E-state index in [0.29, 0.717) is 16.8 Å². The second kappa shape index (κ2) is 7.19. The third-order valence-electron chi connectivity index (χ3n) is 3.66. The predicted octanol–water partition coefficient (Wildman–Crippen LogP) is 4.18. The van der Waals surface area contributed by atoms with Gasteiger partial charge in [-0.15, -0.1) is 11.3 Å². The van der Waals surface area contributed by atoms with Crippen LogP contribution in [0.5, 0.6) is 0 Å². The number of halogens is 2. The summed E-state index contributed by atoms with van der Waals surface area (Å²) in [5.74, 6) is -1.13. The number of nitrogens with two attached hydrogens (primary N) is 1. The number of aryl methyl sites for hydroxylation is 2. The molecule has 0 radical (unpaired) electrons. The average molecular weight is 446 g/mol. The number of sulfonamides is 1. The lowest BCUT2D eigenvalue weighted by atomic mass is 10.0. The van der Waals surface area contributed by atoms with Crippen molar-refractivity contribution in [2.24, 2.45) is 5.73 Å². The van der Waals surface area contributed by atoms with Gasteiger partial charge in [-0.3, -0.25) is 9.52 Å². The van der Waals surface area contributed by atoms with Gasteiger partial charge in [-0.05, 0) is 43.2 Å². The second-order valence-corrected chi connectivity index (χ2v) is 10.2. The van der Waals surface area contributed by atoms with Crippen molar-refractivity contribution in [1.29, 1.82) is 0 Å². The first-order valence-electron chi connectivity index (χ1n) is 7.44. The number of hydrogen-bond donors (Lipinski definition) is 2. The van der Waals surface area contributed by atoms with E-state index in [9.17, 15) is 17.6 Å². The summed E-state index contributed by atoms with van der Waals surface area (Å²) in [6.07, 6.45) is 0. The molecule has 27 heavy (non-hydrogen) atoms. The Bertz CT molecular complexity index is 1160. The minimum Gasteiger partial charge on any atom is -0.365 e. The maximum absolute atomic E-state index is 13.6. The summed E-state index contributed by atoms with van der Waals surface area (Å²) in [6, 6.07) is 5.59. The molecule has 2 heterocycles. The number of carbonyl (C=O) groups is 1. The highest BCUT2D eigenvalue weighted by atomic mass is 35.5. The summed E-state index contributed by atoms with van der Waals surface area (Å²) >= 11 is 7.91. The van der Waals surface area contributed by atoms with Gasteiger partial charge in [0.05, 0.1) is 5.69 Å². The zero-order valence-corrected chi connectivity index (χ0v) is 17.2. The van der Waals surface area contributed by atoms with E-state index < -0.39 is 21.7 Å². The second-order valence-electron chi connectivity index (χ2n) is 5.62. The van der Waals surface area contributed by atoms with Gasteiger partial charge < -0.3 is 5.73 Å². The molecule has 3 aromatic rings. The number of carbonyl (C=O) groups excluding carboxylic acids is 1. The quantitative estimate of drug-likeness (QED) is 0.614. The van der Waals surface area contributed by atoms with Crippen LogP contribution in [-0.2, 0) is 10.0 Å². The summed E-state index contributed by atoms with van der Waals surface area (Å²) in [5, 5.41) is 0.0225. The first-order valence-corrected chi connectivity index (χ1v) is 10.9. The molecule has 1 amide bonds. The van der Waals surface area contributed by atoms with E-state index in [4.69, 9.17) is 17.3 Å². The highest BCUT2D eigenvalue weighted by Gasteiger charge is 2.24. The lowest BCUT2D eigenvalue weighted by molar-refractivity contribution is 0.100. The van der Waals surface area contributed by atoms with E-state index in [0.717, 1.165) is 28.2 Å². The fourth-order valence-electron chi connectivity index (χ4n) is 2.38. The molecule has 11 heteroatoms. The Hall–Kier alpha value is -2.01. The van der Waals surface area contributed by atoms with Gasteiger partial charge in [-0.25, -0.2) is 17.8 Å². The summed E-state index contributed by atoms with van der Waals surface area (Å²) in [7, 11) is -3.99. The van der Waals surface area contributed by atoms with Crippen molar-refractivity contribution in [2.75, 3.05) is 4.72 Å². The Kier molecular flexibility index (Phi) is 5.26. The molecule has 0 aliphatic heterocycles. The van der Waals surface area contributed by atoms with Crippen LogP contribution in [0.4, 0.5) is 9.52 Å². The molecule has 0 fully saturated rings. The number of rotatable bonds is 5. The number of benzene rings is 1. The van der Waals surface area contributed by atoms with Crippen molar-refractivity contribution < 1.29 is 17.6 Å². The fourth-order valence-corrected chi connectivity index (χ4v) is 6.19. The van der Waals surface area contributed by atoms with Gasteiger partial charge in [0.25, 0.3) is 15.9 Å². The number of anilines is 1. The lowest BCUT2D eigenvalue weighted by Gasteiger charge is -2.04. The fraction of sp³-hybridized carbons (Fsp3) is 0.125. The van der Waals surface area contributed by atoms with Crippen molar-refractivity contribution in [2.45, 2.75) is 18.1 Å². The Balaban J connectivity index is 1.98. The molecule has 0 unspecified atom stereocenters. The molecule has 0 spiro atoms. The van der Waals surface area contributed by atoms with Gasteiger partial charge in [0, 0.05) is 5.56 Å². The largest absolute Gasteiger partial charge is 0.365 e. The third kappa shape index (κ3) is 3.98. The molecule has 3 N–H and O–H groups in total. The first-order chi connectivity index (χ1) is 12.6. The smallest absolute Gasteiger partial charge is 0.273 e. The molecule has 0 bridgehead atoms. The molecule has 0 saturated carbocycles. The first kappa shape index (κ1) is 19.7. The predicted molar refractivity (Wildman–Crippen MR) is 106 cm³/mol. The maximum atomic E-state index is 13.6. The van der Waals surface area contributed by atoms with Crippen LogP contribution in [0.3, 0.4) is 0 Å². The van der Waals surface area contributed by atoms with E-state index in [1.807, 2.05) is 0 Å². The SMILES string of the molecule is Cc1ccc(F)cc1-c1cc(S(=O)(=O)Nc2nc(C)c(C(N)=O)s2)sc1Cl. The minimum atomic E-state index is -3.99. The van der Waals surface area contributed by atoms with Gasteiger partial charge in [-0.1, -0.05) is 29.0 Å². The van der Waals surface area contributed by atoms with Crippen LogP contribution in [0.2, 0.25) is 4.34 Å². The Morgan fingerprint density at radius 3 is 2.56 bits per heavy atom. The Labute approximate surface area is 167 Å². The normalized spacial score (nSPS) is 11.6. The number of thiazole rings is 1. The lowest BCUT2D eigenvalue weighted by Crippen LogP contribution is -2.11. The third-order valence-corrected chi connectivity index (χ3v) is 8.05. The molecule has 0 saturated heterocycles. The van der Waals surface area contributed by atoms with E-state index in [1.165, 1.54) is 18.2 Å². The Morgan fingerprint density at radius 2 is 1.93 bits per heavy atom. The van der Waals surface area contributed by atoms with Gasteiger partial charge in [0.1, 0.15) is 19.2 Å². The van der Waals surface area contributed by atoms with Crippen LogP contribution in [0, 0.1) is 19.7 Å². The van der Waals surface area contributed by atoms with Crippen LogP contribution in [0.25, 0.3) is 11.1 Å². The molecule has 0 atom stereocenters. The van der Waals surface area contributed by atoms with Crippen molar-refractivity contribution in [3.63, 3.8) is 0 Å². The monoisotopic (exact) mass is 445 g/mol. The van der Waals surface area contributed by atoms with E-state index in [1.54, 1.807) is 19.9 Å². The molecule has 6 nitrogen and oxygen atoms in total. The van der Waals surface area contributed by atoms with E-state index >= 15 is 0 Å². The van der Waals surface area contributed by atoms with Gasteiger partial charge in [-0.2, -0.15) is 0 Å². The van der Waals surface area contributed by atoms with E-state index in [2.05, 4.69) is 9.71 Å². The number of primary amides is 1. The molecule has 142 valence electrons. The maximum Gasteiger partial charge on any atom is 0.273 e. The van der Waals surface area contributed by atoms with Crippen molar-refractivity contribution in [1.82, 2.24) is 4.98 Å². The number of hydrogen-bond acceptors (Lipinski definition) is 6. The molecular formula is C16H13ClFN3O3S3. The Morgan fingerprint density at radius 1 is 1.22 bits per heavy atom. The van der Waals surface area contributed by atoms with Crippen LogP contribution >= 0.6 is 34.3 Å². The molecule has 1 aromatic carbocycles. The van der Waals surface area contributed by atoms with Crippen molar-refractivity contribution in [3.8, 4) is 11.1 Å². The highest BCUT2D eigenvalue weighted by molar-refractivity contribution is 7.95. The number of nitrogens with zero attached hydrogens (tertiary/aromatic N) is 1. The molecule has 2 aromatic heterocycles. The number of nitrogens with one attached hydrogen (secondary N) is 1. The van der Waals surface area contributed by atoms with E-state index in [-0.39, 0.29) is 18.6 Å².